The van der Waals surface area contributed by atoms with Crippen LogP contribution in [0.2, 0.25) is 0 Å². The van der Waals surface area contributed by atoms with Crippen LogP contribution < -0.4 is 10.6 Å². The van der Waals surface area contributed by atoms with Crippen LogP contribution in [-0.4, -0.2) is 36.1 Å². The number of nitrogens with one attached hydrogen (secondary N) is 2. The summed E-state index contributed by atoms with van der Waals surface area (Å²) in [5.41, 5.74) is 1.06. The molecule has 0 aromatic heterocycles. The minimum absolute atomic E-state index is 0.182. The Morgan fingerprint density at radius 1 is 1.17 bits per heavy atom. The van der Waals surface area contributed by atoms with E-state index in [1.165, 1.54) is 5.56 Å². The number of amides is 1. The number of piperidine rings is 1. The molecule has 0 aliphatic carbocycles. The third kappa shape index (κ3) is 2.13. The molecular weight excluding hydrogens is 226 g/mol. The summed E-state index contributed by atoms with van der Waals surface area (Å²) in [5, 5.41) is 6.19. The summed E-state index contributed by atoms with van der Waals surface area (Å²) in [6, 6.07) is 10.5. The van der Waals surface area contributed by atoms with Crippen LogP contribution in [0.15, 0.2) is 30.3 Å². The van der Waals surface area contributed by atoms with Crippen molar-refractivity contribution in [1.82, 2.24) is 15.5 Å². The number of carbonyl (C=O) groups excluding carboxylic acids is 1. The molecule has 2 heterocycles. The molecule has 0 radical (unpaired) electrons. The van der Waals surface area contributed by atoms with Gasteiger partial charge in [-0.25, -0.2) is 0 Å². The third-order valence-corrected chi connectivity index (χ3v) is 4.07. The first-order valence-electron chi connectivity index (χ1n) is 6.58. The van der Waals surface area contributed by atoms with Gasteiger partial charge in [-0.2, -0.15) is 0 Å². The maximum absolute atomic E-state index is 11.8. The van der Waals surface area contributed by atoms with E-state index in [0.717, 1.165) is 32.5 Å². The molecule has 1 spiro atoms. The second-order valence-corrected chi connectivity index (χ2v) is 5.20. The summed E-state index contributed by atoms with van der Waals surface area (Å²) in [7, 11) is 0. The van der Waals surface area contributed by atoms with E-state index in [2.05, 4.69) is 39.8 Å². The monoisotopic (exact) mass is 245 g/mol. The van der Waals surface area contributed by atoms with Crippen LogP contribution in [0, 0.1) is 0 Å². The van der Waals surface area contributed by atoms with Crippen molar-refractivity contribution in [3.63, 3.8) is 0 Å². The van der Waals surface area contributed by atoms with E-state index in [0.29, 0.717) is 6.67 Å². The van der Waals surface area contributed by atoms with Crippen molar-refractivity contribution in [3.05, 3.63) is 35.9 Å². The topological polar surface area (TPSA) is 44.4 Å². The fraction of sp³-hybridized carbons (Fsp3) is 0.500. The highest BCUT2D eigenvalue weighted by Crippen LogP contribution is 2.25. The van der Waals surface area contributed by atoms with Gasteiger partial charge in [0, 0.05) is 19.6 Å². The molecule has 1 aromatic carbocycles. The molecule has 1 amide bonds. The molecule has 2 aliphatic heterocycles. The third-order valence-electron chi connectivity index (χ3n) is 4.07. The highest BCUT2D eigenvalue weighted by Gasteiger charge is 2.43. The molecule has 1 aromatic rings. The van der Waals surface area contributed by atoms with E-state index >= 15 is 0 Å². The van der Waals surface area contributed by atoms with E-state index < -0.39 is 0 Å². The Morgan fingerprint density at radius 3 is 2.50 bits per heavy atom. The summed E-state index contributed by atoms with van der Waals surface area (Å²) < 4.78 is 0. The Bertz CT molecular complexity index is 424. The van der Waals surface area contributed by atoms with Gasteiger partial charge >= 0.3 is 0 Å². The zero-order chi connectivity index (χ0) is 12.4. The van der Waals surface area contributed by atoms with Crippen LogP contribution in [0.1, 0.15) is 18.4 Å². The molecule has 0 bridgehead atoms. The lowest BCUT2D eigenvalue weighted by Gasteiger charge is -2.37. The number of hydrogen-bond acceptors (Lipinski definition) is 3. The number of hydrogen-bond donors (Lipinski definition) is 2. The van der Waals surface area contributed by atoms with E-state index in [9.17, 15) is 4.79 Å². The number of rotatable bonds is 2. The molecule has 4 nitrogen and oxygen atoms in total. The van der Waals surface area contributed by atoms with Gasteiger partial charge in [-0.15, -0.1) is 0 Å². The van der Waals surface area contributed by atoms with Crippen molar-refractivity contribution in [2.24, 2.45) is 0 Å². The van der Waals surface area contributed by atoms with E-state index in [4.69, 9.17) is 0 Å². The average Bonchev–Trinajstić information content (AvgIpc) is 2.75. The van der Waals surface area contributed by atoms with Gasteiger partial charge in [0.05, 0.1) is 6.67 Å². The molecule has 2 saturated heterocycles. The normalized spacial score (nSPS) is 23.2. The SMILES string of the molecule is O=C1NCNC12CCN(Cc1ccccc1)CC2. The first-order valence-corrected chi connectivity index (χ1v) is 6.58. The predicted molar refractivity (Wildman–Crippen MR) is 69.8 cm³/mol. The molecule has 2 aliphatic rings. The maximum atomic E-state index is 11.8. The lowest BCUT2D eigenvalue weighted by Crippen LogP contribution is -2.54. The van der Waals surface area contributed by atoms with Crippen LogP contribution in [0.4, 0.5) is 0 Å². The molecule has 3 rings (SSSR count). The number of benzene rings is 1. The van der Waals surface area contributed by atoms with Gasteiger partial charge in [0.15, 0.2) is 0 Å². The predicted octanol–water partition coefficient (Wildman–Crippen LogP) is 0.698. The fourth-order valence-electron chi connectivity index (χ4n) is 2.88. The highest BCUT2D eigenvalue weighted by molar-refractivity contribution is 5.88. The maximum Gasteiger partial charge on any atom is 0.241 e. The number of carbonyl (C=O) groups is 1. The first kappa shape index (κ1) is 11.7. The minimum atomic E-state index is -0.285. The van der Waals surface area contributed by atoms with Crippen LogP contribution >= 0.6 is 0 Å². The van der Waals surface area contributed by atoms with Crippen LogP contribution in [0.25, 0.3) is 0 Å². The Morgan fingerprint density at radius 2 is 1.89 bits per heavy atom. The van der Waals surface area contributed by atoms with Crippen molar-refractivity contribution in [1.29, 1.82) is 0 Å². The number of likely N-dealkylation sites (tertiary alicyclic amines) is 1. The first-order chi connectivity index (χ1) is 8.78. The van der Waals surface area contributed by atoms with Gasteiger partial charge in [0.2, 0.25) is 5.91 Å². The molecule has 96 valence electrons. The van der Waals surface area contributed by atoms with E-state index in [1.54, 1.807) is 0 Å². The molecule has 2 fully saturated rings. The lowest BCUT2D eigenvalue weighted by molar-refractivity contribution is -0.125. The summed E-state index contributed by atoms with van der Waals surface area (Å²) in [6.45, 7) is 3.57. The Balaban J connectivity index is 1.59. The van der Waals surface area contributed by atoms with Crippen molar-refractivity contribution in [2.45, 2.75) is 24.9 Å². The van der Waals surface area contributed by atoms with Crippen molar-refractivity contribution in [3.8, 4) is 0 Å². The van der Waals surface area contributed by atoms with Gasteiger partial charge < -0.3 is 5.32 Å². The van der Waals surface area contributed by atoms with E-state index in [-0.39, 0.29) is 11.4 Å². The zero-order valence-corrected chi connectivity index (χ0v) is 10.5. The van der Waals surface area contributed by atoms with Crippen molar-refractivity contribution in [2.75, 3.05) is 19.8 Å². The second kappa shape index (κ2) is 4.71. The quantitative estimate of drug-likeness (QED) is 0.806. The fourth-order valence-corrected chi connectivity index (χ4v) is 2.88. The Kier molecular flexibility index (Phi) is 3.06. The summed E-state index contributed by atoms with van der Waals surface area (Å²) in [6.07, 6.45) is 1.82. The van der Waals surface area contributed by atoms with E-state index in [1.807, 2.05) is 6.07 Å². The summed E-state index contributed by atoms with van der Waals surface area (Å²) in [4.78, 5) is 14.2. The standard InChI is InChI=1S/C14H19N3O/c18-13-14(16-11-15-13)6-8-17(9-7-14)10-12-4-2-1-3-5-12/h1-5,16H,6-11H2,(H,15,18). The Hall–Kier alpha value is -1.39. The molecule has 0 unspecified atom stereocenters. The zero-order valence-electron chi connectivity index (χ0n) is 10.5. The molecule has 18 heavy (non-hydrogen) atoms. The lowest BCUT2D eigenvalue weighted by atomic mass is 9.87. The van der Waals surface area contributed by atoms with Crippen LogP contribution in [-0.2, 0) is 11.3 Å². The molecule has 0 atom stereocenters. The molecular formula is C14H19N3O. The largest absolute Gasteiger partial charge is 0.342 e. The summed E-state index contributed by atoms with van der Waals surface area (Å²) >= 11 is 0. The second-order valence-electron chi connectivity index (χ2n) is 5.20. The van der Waals surface area contributed by atoms with Gasteiger partial charge in [-0.1, -0.05) is 30.3 Å². The van der Waals surface area contributed by atoms with Crippen molar-refractivity contribution >= 4 is 5.91 Å². The molecule has 2 N–H and O–H groups in total. The summed E-state index contributed by atoms with van der Waals surface area (Å²) in [5.74, 6) is 0.182. The molecule has 4 heteroatoms. The van der Waals surface area contributed by atoms with Gasteiger partial charge in [0.25, 0.3) is 0 Å². The number of nitrogens with zero attached hydrogens (tertiary/aromatic N) is 1. The van der Waals surface area contributed by atoms with Crippen LogP contribution in [0.3, 0.4) is 0 Å². The van der Waals surface area contributed by atoms with Gasteiger partial charge in [0.1, 0.15) is 5.54 Å². The van der Waals surface area contributed by atoms with Crippen molar-refractivity contribution < 1.29 is 4.79 Å². The average molecular weight is 245 g/mol. The van der Waals surface area contributed by atoms with Crippen LogP contribution in [0.5, 0.6) is 0 Å². The minimum Gasteiger partial charge on any atom is -0.342 e. The van der Waals surface area contributed by atoms with Gasteiger partial charge in [-0.05, 0) is 18.4 Å². The van der Waals surface area contributed by atoms with Gasteiger partial charge in [-0.3, -0.25) is 15.0 Å². The molecule has 0 saturated carbocycles. The smallest absolute Gasteiger partial charge is 0.241 e. The highest BCUT2D eigenvalue weighted by atomic mass is 16.2. The Labute approximate surface area is 107 Å².